The SMILES string of the molecule is COc1ccc(NC(=O)[C@H](C)SC2=Nc3ccccc3C3=N[C@@H](C(C)C)C(=O)N23)cc1. The van der Waals surface area contributed by atoms with E-state index in [0.717, 1.165) is 17.0 Å². The standard InChI is InChI=1S/C23H24N4O3S/c1-13(2)19-22(29)27-20(26-19)17-7-5-6-8-18(17)25-23(27)31-14(3)21(28)24-15-9-11-16(30-4)12-10-15/h5-14,19H,1-4H3,(H,24,28)/t14-,19-/m0/s1. The lowest BCUT2D eigenvalue weighted by molar-refractivity contribution is -0.125. The summed E-state index contributed by atoms with van der Waals surface area (Å²) in [6.45, 7) is 5.75. The van der Waals surface area contributed by atoms with Crippen molar-refractivity contribution in [3.05, 3.63) is 54.1 Å². The molecule has 0 aliphatic carbocycles. The molecule has 2 amide bonds. The van der Waals surface area contributed by atoms with E-state index in [9.17, 15) is 9.59 Å². The fourth-order valence-corrected chi connectivity index (χ4v) is 4.33. The van der Waals surface area contributed by atoms with Crippen molar-refractivity contribution in [1.82, 2.24) is 4.90 Å². The summed E-state index contributed by atoms with van der Waals surface area (Å²) >= 11 is 1.25. The lowest BCUT2D eigenvalue weighted by atomic mass is 10.1. The molecule has 0 bridgehead atoms. The van der Waals surface area contributed by atoms with Crippen LogP contribution in [0.25, 0.3) is 0 Å². The maximum atomic E-state index is 13.1. The Bertz CT molecular complexity index is 1080. The van der Waals surface area contributed by atoms with Crippen LogP contribution < -0.4 is 10.1 Å². The average Bonchev–Trinajstić information content (AvgIpc) is 3.12. The Morgan fingerprint density at radius 1 is 1.13 bits per heavy atom. The van der Waals surface area contributed by atoms with E-state index in [1.165, 1.54) is 11.8 Å². The number of aliphatic imine (C=N–C) groups is 2. The normalized spacial score (nSPS) is 18.2. The smallest absolute Gasteiger partial charge is 0.259 e. The van der Waals surface area contributed by atoms with Crippen molar-refractivity contribution in [2.45, 2.75) is 32.1 Å². The number of rotatable bonds is 5. The van der Waals surface area contributed by atoms with Crippen molar-refractivity contribution in [3.63, 3.8) is 0 Å². The van der Waals surface area contributed by atoms with Crippen molar-refractivity contribution in [1.29, 1.82) is 0 Å². The molecule has 4 rings (SSSR count). The highest BCUT2D eigenvalue weighted by Gasteiger charge is 2.43. The maximum Gasteiger partial charge on any atom is 0.259 e. The monoisotopic (exact) mass is 436 g/mol. The van der Waals surface area contributed by atoms with Gasteiger partial charge in [-0.3, -0.25) is 14.6 Å². The topological polar surface area (TPSA) is 83.4 Å². The van der Waals surface area contributed by atoms with Gasteiger partial charge in [0.25, 0.3) is 5.91 Å². The molecular weight excluding hydrogens is 412 g/mol. The minimum atomic E-state index is -0.474. The third-order valence-corrected chi connectivity index (χ3v) is 6.19. The molecule has 160 valence electrons. The highest BCUT2D eigenvalue weighted by Crippen LogP contribution is 2.35. The van der Waals surface area contributed by atoms with Crippen LogP contribution >= 0.6 is 11.8 Å². The fraction of sp³-hybridized carbons (Fsp3) is 0.304. The van der Waals surface area contributed by atoms with E-state index in [4.69, 9.17) is 14.7 Å². The molecule has 2 aliphatic heterocycles. The number of hydrogen-bond acceptors (Lipinski definition) is 6. The molecule has 0 fully saturated rings. The van der Waals surface area contributed by atoms with Crippen LogP contribution in [0.4, 0.5) is 11.4 Å². The highest BCUT2D eigenvalue weighted by atomic mass is 32.2. The Kier molecular flexibility index (Phi) is 5.82. The zero-order chi connectivity index (χ0) is 22.1. The number of nitrogens with one attached hydrogen (secondary N) is 1. The highest BCUT2D eigenvalue weighted by molar-refractivity contribution is 8.15. The summed E-state index contributed by atoms with van der Waals surface area (Å²) in [7, 11) is 1.59. The second kappa shape index (κ2) is 8.55. The lowest BCUT2D eigenvalue weighted by Crippen LogP contribution is -2.43. The Labute approximate surface area is 185 Å². The number of carbonyl (C=O) groups excluding carboxylic acids is 2. The van der Waals surface area contributed by atoms with Gasteiger partial charge < -0.3 is 10.1 Å². The lowest BCUT2D eigenvalue weighted by Gasteiger charge is -2.27. The van der Waals surface area contributed by atoms with Crippen LogP contribution in [-0.2, 0) is 9.59 Å². The van der Waals surface area contributed by atoms with Crippen molar-refractivity contribution in [2.75, 3.05) is 12.4 Å². The molecule has 2 aromatic carbocycles. The number of hydrogen-bond donors (Lipinski definition) is 1. The predicted molar refractivity (Wildman–Crippen MR) is 124 cm³/mol. The van der Waals surface area contributed by atoms with Gasteiger partial charge in [0, 0.05) is 11.3 Å². The zero-order valence-electron chi connectivity index (χ0n) is 17.8. The van der Waals surface area contributed by atoms with E-state index in [0.29, 0.717) is 16.7 Å². The third kappa shape index (κ3) is 4.07. The molecule has 0 unspecified atom stereocenters. The molecule has 0 radical (unpaired) electrons. The van der Waals surface area contributed by atoms with Crippen molar-refractivity contribution in [3.8, 4) is 5.75 Å². The minimum absolute atomic E-state index is 0.0693. The first-order chi connectivity index (χ1) is 14.9. The first kappa shape index (κ1) is 21.1. The zero-order valence-corrected chi connectivity index (χ0v) is 18.6. The summed E-state index contributed by atoms with van der Waals surface area (Å²) in [4.78, 5) is 36.9. The first-order valence-corrected chi connectivity index (χ1v) is 11.0. The molecule has 2 heterocycles. The van der Waals surface area contributed by atoms with Crippen molar-refractivity contribution < 1.29 is 14.3 Å². The van der Waals surface area contributed by atoms with Crippen LogP contribution in [0.1, 0.15) is 26.3 Å². The molecule has 0 saturated carbocycles. The van der Waals surface area contributed by atoms with Crippen LogP contribution in [-0.4, -0.2) is 46.1 Å². The number of methoxy groups -OCH3 is 1. The van der Waals surface area contributed by atoms with Crippen LogP contribution in [0, 0.1) is 5.92 Å². The number of benzene rings is 2. The fourth-order valence-electron chi connectivity index (χ4n) is 3.41. The van der Waals surface area contributed by atoms with Gasteiger partial charge in [0.1, 0.15) is 17.6 Å². The van der Waals surface area contributed by atoms with Crippen LogP contribution in [0.5, 0.6) is 5.75 Å². The number of thioether (sulfide) groups is 1. The molecular formula is C23H24N4O3S. The number of amides is 2. The van der Waals surface area contributed by atoms with Crippen LogP contribution in [0.3, 0.4) is 0 Å². The van der Waals surface area contributed by atoms with E-state index in [1.807, 2.05) is 38.1 Å². The van der Waals surface area contributed by atoms with Gasteiger partial charge in [-0.1, -0.05) is 37.7 Å². The maximum absolute atomic E-state index is 13.1. The van der Waals surface area contributed by atoms with Gasteiger partial charge in [0.2, 0.25) is 5.91 Å². The van der Waals surface area contributed by atoms with E-state index in [2.05, 4.69) is 5.32 Å². The van der Waals surface area contributed by atoms with Crippen LogP contribution in [0.2, 0.25) is 0 Å². The van der Waals surface area contributed by atoms with Crippen LogP contribution in [0.15, 0.2) is 58.5 Å². The molecule has 2 aliphatic rings. The Morgan fingerprint density at radius 2 is 1.84 bits per heavy atom. The molecule has 2 aromatic rings. The molecule has 8 heteroatoms. The van der Waals surface area contributed by atoms with E-state index in [1.54, 1.807) is 43.2 Å². The number of fused-ring (bicyclic) bond motifs is 3. The number of carbonyl (C=O) groups is 2. The number of nitrogens with zero attached hydrogens (tertiary/aromatic N) is 3. The number of ether oxygens (including phenoxy) is 1. The summed E-state index contributed by atoms with van der Waals surface area (Å²) in [6.07, 6.45) is 0. The molecule has 0 spiro atoms. The number of para-hydroxylation sites is 1. The van der Waals surface area contributed by atoms with E-state index in [-0.39, 0.29) is 17.7 Å². The number of anilines is 1. The van der Waals surface area contributed by atoms with Gasteiger partial charge in [-0.15, -0.1) is 0 Å². The first-order valence-electron chi connectivity index (χ1n) is 10.1. The van der Waals surface area contributed by atoms with E-state index >= 15 is 0 Å². The molecule has 0 aromatic heterocycles. The molecule has 7 nitrogen and oxygen atoms in total. The van der Waals surface area contributed by atoms with Gasteiger partial charge in [-0.05, 0) is 49.2 Å². The molecule has 1 N–H and O–H groups in total. The summed E-state index contributed by atoms with van der Waals surface area (Å²) in [5, 5.41) is 2.90. The minimum Gasteiger partial charge on any atom is -0.497 e. The Balaban J connectivity index is 1.57. The quantitative estimate of drug-likeness (QED) is 0.766. The summed E-state index contributed by atoms with van der Waals surface area (Å²) in [5.41, 5.74) is 2.26. The molecule has 2 atom stereocenters. The summed E-state index contributed by atoms with van der Waals surface area (Å²) in [6, 6.07) is 14.3. The van der Waals surface area contributed by atoms with Gasteiger partial charge in [-0.25, -0.2) is 9.89 Å². The van der Waals surface area contributed by atoms with Gasteiger partial charge in [0.15, 0.2) is 5.17 Å². The van der Waals surface area contributed by atoms with Crippen molar-refractivity contribution >= 4 is 46.0 Å². The van der Waals surface area contributed by atoms with Gasteiger partial charge in [0.05, 0.1) is 18.0 Å². The van der Waals surface area contributed by atoms with E-state index < -0.39 is 11.3 Å². The van der Waals surface area contributed by atoms with Gasteiger partial charge in [-0.2, -0.15) is 0 Å². The Morgan fingerprint density at radius 3 is 2.52 bits per heavy atom. The summed E-state index contributed by atoms with van der Waals surface area (Å²) in [5.74, 6) is 1.12. The second-order valence-corrected chi connectivity index (χ2v) is 9.01. The Hall–Kier alpha value is -3.13. The average molecular weight is 437 g/mol. The third-order valence-electron chi connectivity index (χ3n) is 5.14. The number of amidine groups is 2. The molecule has 0 saturated heterocycles. The summed E-state index contributed by atoms with van der Waals surface area (Å²) < 4.78 is 5.15. The predicted octanol–water partition coefficient (Wildman–Crippen LogP) is 4.07. The van der Waals surface area contributed by atoms with Crippen molar-refractivity contribution in [2.24, 2.45) is 15.9 Å². The molecule has 31 heavy (non-hydrogen) atoms. The van der Waals surface area contributed by atoms with Gasteiger partial charge >= 0.3 is 0 Å². The largest absolute Gasteiger partial charge is 0.497 e. The second-order valence-electron chi connectivity index (χ2n) is 7.70.